The van der Waals surface area contributed by atoms with E-state index in [0.29, 0.717) is 12.2 Å². The molecule has 1 saturated heterocycles. The van der Waals surface area contributed by atoms with Crippen LogP contribution in [0.15, 0.2) is 30.0 Å². The first-order valence-electron chi connectivity index (χ1n) is 5.53. The van der Waals surface area contributed by atoms with E-state index >= 15 is 0 Å². The van der Waals surface area contributed by atoms with Gasteiger partial charge in [-0.1, -0.05) is 29.8 Å². The maximum absolute atomic E-state index is 11.8. The summed E-state index contributed by atoms with van der Waals surface area (Å²) in [4.78, 5) is 24.4. The number of urea groups is 1. The average molecular weight is 230 g/mol. The molecule has 0 aromatic heterocycles. The molecule has 17 heavy (non-hydrogen) atoms. The lowest BCUT2D eigenvalue weighted by Gasteiger charge is -2.06. The van der Waals surface area contributed by atoms with Gasteiger partial charge < -0.3 is 5.32 Å². The average Bonchev–Trinajstić information content (AvgIpc) is 2.54. The van der Waals surface area contributed by atoms with Crippen molar-refractivity contribution in [3.8, 4) is 0 Å². The second kappa shape index (κ2) is 4.41. The molecule has 0 bridgehead atoms. The van der Waals surface area contributed by atoms with Crippen LogP contribution in [0.4, 0.5) is 4.79 Å². The van der Waals surface area contributed by atoms with E-state index in [9.17, 15) is 9.59 Å². The fourth-order valence-electron chi connectivity index (χ4n) is 1.79. The van der Waals surface area contributed by atoms with Crippen molar-refractivity contribution >= 4 is 18.0 Å². The number of nitrogens with one attached hydrogen (secondary N) is 1. The van der Waals surface area contributed by atoms with Gasteiger partial charge in [0.05, 0.1) is 0 Å². The van der Waals surface area contributed by atoms with E-state index < -0.39 is 0 Å². The van der Waals surface area contributed by atoms with Gasteiger partial charge in [-0.3, -0.25) is 9.69 Å². The summed E-state index contributed by atoms with van der Waals surface area (Å²) in [6.45, 7) is 4.14. The van der Waals surface area contributed by atoms with Crippen LogP contribution in [-0.4, -0.2) is 23.4 Å². The number of aryl methyl sites for hydroxylation is 1. The summed E-state index contributed by atoms with van der Waals surface area (Å²) < 4.78 is 0. The van der Waals surface area contributed by atoms with E-state index in [1.807, 2.05) is 31.2 Å². The van der Waals surface area contributed by atoms with Gasteiger partial charge >= 0.3 is 6.03 Å². The molecule has 1 N–H and O–H groups in total. The predicted octanol–water partition coefficient (Wildman–Crippen LogP) is 1.91. The third kappa shape index (κ3) is 2.20. The van der Waals surface area contributed by atoms with Crippen LogP contribution < -0.4 is 5.32 Å². The Labute approximate surface area is 99.9 Å². The van der Waals surface area contributed by atoms with Crippen molar-refractivity contribution in [3.63, 3.8) is 0 Å². The van der Waals surface area contributed by atoms with Crippen LogP contribution in [0.5, 0.6) is 0 Å². The van der Waals surface area contributed by atoms with E-state index in [4.69, 9.17) is 0 Å². The minimum absolute atomic E-state index is 0.265. The molecule has 0 spiro atoms. The van der Waals surface area contributed by atoms with Crippen LogP contribution in [0, 0.1) is 6.92 Å². The molecule has 3 amide bonds. The minimum atomic E-state index is -0.351. The normalized spacial score (nSPS) is 17.8. The van der Waals surface area contributed by atoms with Crippen molar-refractivity contribution in [2.24, 2.45) is 0 Å². The van der Waals surface area contributed by atoms with Crippen LogP contribution in [-0.2, 0) is 4.79 Å². The Morgan fingerprint density at radius 2 is 2.12 bits per heavy atom. The summed E-state index contributed by atoms with van der Waals surface area (Å²) in [6.07, 6.45) is 1.70. The minimum Gasteiger partial charge on any atom is -0.303 e. The number of amides is 3. The number of rotatable bonds is 2. The second-order valence-corrected chi connectivity index (χ2v) is 3.95. The van der Waals surface area contributed by atoms with E-state index in [1.165, 1.54) is 4.90 Å². The standard InChI is InChI=1S/C13H14N2O2/c1-3-15-12(16)11(14-13(15)17)8-10-6-4-5-9(2)7-10/h4-8H,3H2,1-2H3,(H,14,17)/b11-8-. The zero-order valence-corrected chi connectivity index (χ0v) is 9.86. The molecule has 4 nitrogen and oxygen atoms in total. The van der Waals surface area contributed by atoms with Gasteiger partial charge in [-0.15, -0.1) is 0 Å². The smallest absolute Gasteiger partial charge is 0.303 e. The number of hydrogen-bond acceptors (Lipinski definition) is 2. The first kappa shape index (κ1) is 11.4. The van der Waals surface area contributed by atoms with Gasteiger partial charge in [0.1, 0.15) is 5.70 Å². The zero-order chi connectivity index (χ0) is 12.4. The lowest BCUT2D eigenvalue weighted by molar-refractivity contribution is -0.122. The van der Waals surface area contributed by atoms with Crippen LogP contribution in [0.3, 0.4) is 0 Å². The summed E-state index contributed by atoms with van der Waals surface area (Å²) >= 11 is 0. The Morgan fingerprint density at radius 1 is 1.35 bits per heavy atom. The van der Waals surface area contributed by atoms with Crippen molar-refractivity contribution in [1.29, 1.82) is 0 Å². The van der Waals surface area contributed by atoms with Gasteiger partial charge in [-0.2, -0.15) is 0 Å². The number of likely N-dealkylation sites (N-methyl/N-ethyl adjacent to an activating group) is 1. The molecule has 0 atom stereocenters. The van der Waals surface area contributed by atoms with Crippen molar-refractivity contribution < 1.29 is 9.59 Å². The molecule has 88 valence electrons. The molecular weight excluding hydrogens is 216 g/mol. The molecule has 2 rings (SSSR count). The third-order valence-corrected chi connectivity index (χ3v) is 2.63. The van der Waals surface area contributed by atoms with Gasteiger partial charge in [0.2, 0.25) is 0 Å². The highest BCUT2D eigenvalue weighted by Gasteiger charge is 2.31. The van der Waals surface area contributed by atoms with Gasteiger partial charge in [0.25, 0.3) is 5.91 Å². The number of hydrogen-bond donors (Lipinski definition) is 1. The highest BCUT2D eigenvalue weighted by molar-refractivity contribution is 6.13. The van der Waals surface area contributed by atoms with Crippen molar-refractivity contribution in [3.05, 3.63) is 41.1 Å². The van der Waals surface area contributed by atoms with Gasteiger partial charge in [-0.05, 0) is 25.5 Å². The molecule has 0 unspecified atom stereocenters. The SMILES string of the molecule is CCN1C(=O)N/C(=C\c2cccc(C)c2)C1=O. The largest absolute Gasteiger partial charge is 0.328 e. The Kier molecular flexibility index (Phi) is 2.95. The Hall–Kier alpha value is -2.10. The maximum Gasteiger partial charge on any atom is 0.328 e. The summed E-state index contributed by atoms with van der Waals surface area (Å²) in [5, 5.41) is 2.57. The summed E-state index contributed by atoms with van der Waals surface area (Å²) in [5.74, 6) is -0.265. The monoisotopic (exact) mass is 230 g/mol. The lowest BCUT2D eigenvalue weighted by atomic mass is 10.1. The van der Waals surface area contributed by atoms with Crippen molar-refractivity contribution in [2.75, 3.05) is 6.54 Å². The maximum atomic E-state index is 11.8. The van der Waals surface area contributed by atoms with Gasteiger partial charge in [0, 0.05) is 6.54 Å². The summed E-state index contributed by atoms with van der Waals surface area (Å²) in [5.41, 5.74) is 2.36. The molecule has 1 fully saturated rings. The van der Waals surface area contributed by atoms with Crippen LogP contribution >= 0.6 is 0 Å². The van der Waals surface area contributed by atoms with E-state index in [-0.39, 0.29) is 11.9 Å². The number of carbonyl (C=O) groups is 2. The first-order valence-corrected chi connectivity index (χ1v) is 5.53. The molecule has 1 aromatic rings. The predicted molar refractivity (Wildman–Crippen MR) is 65.1 cm³/mol. The van der Waals surface area contributed by atoms with Crippen molar-refractivity contribution in [2.45, 2.75) is 13.8 Å². The zero-order valence-electron chi connectivity index (χ0n) is 9.86. The molecule has 1 aliphatic rings. The third-order valence-electron chi connectivity index (χ3n) is 2.63. The van der Waals surface area contributed by atoms with E-state index in [2.05, 4.69) is 5.32 Å². The highest BCUT2D eigenvalue weighted by Crippen LogP contribution is 2.14. The molecule has 0 radical (unpaired) electrons. The Bertz CT molecular complexity index is 506. The molecule has 1 aromatic carbocycles. The quantitative estimate of drug-likeness (QED) is 0.623. The first-order chi connectivity index (χ1) is 8.11. The second-order valence-electron chi connectivity index (χ2n) is 3.95. The molecule has 1 heterocycles. The van der Waals surface area contributed by atoms with Gasteiger partial charge in [0.15, 0.2) is 0 Å². The Balaban J connectivity index is 2.30. The summed E-state index contributed by atoms with van der Waals surface area (Å²) in [7, 11) is 0. The number of imide groups is 1. The fourth-order valence-corrected chi connectivity index (χ4v) is 1.79. The number of carbonyl (C=O) groups excluding carboxylic acids is 2. The van der Waals surface area contributed by atoms with Crippen LogP contribution in [0.25, 0.3) is 6.08 Å². The lowest BCUT2D eigenvalue weighted by Crippen LogP contribution is -2.30. The molecule has 0 saturated carbocycles. The van der Waals surface area contributed by atoms with E-state index in [0.717, 1.165) is 11.1 Å². The summed E-state index contributed by atoms with van der Waals surface area (Å²) in [6, 6.07) is 7.40. The molecule has 0 aliphatic carbocycles. The molecular formula is C13H14N2O2. The fraction of sp³-hybridized carbons (Fsp3) is 0.231. The van der Waals surface area contributed by atoms with Crippen LogP contribution in [0.1, 0.15) is 18.1 Å². The number of nitrogens with zero attached hydrogens (tertiary/aromatic N) is 1. The van der Waals surface area contributed by atoms with Gasteiger partial charge in [-0.25, -0.2) is 4.79 Å². The van der Waals surface area contributed by atoms with Crippen LogP contribution in [0.2, 0.25) is 0 Å². The van der Waals surface area contributed by atoms with Crippen molar-refractivity contribution in [1.82, 2.24) is 10.2 Å². The number of benzene rings is 1. The Morgan fingerprint density at radius 3 is 2.71 bits per heavy atom. The molecule has 1 aliphatic heterocycles. The topological polar surface area (TPSA) is 49.4 Å². The molecule has 4 heteroatoms. The van der Waals surface area contributed by atoms with E-state index in [1.54, 1.807) is 13.0 Å². The highest BCUT2D eigenvalue weighted by atomic mass is 16.2.